The van der Waals surface area contributed by atoms with E-state index in [1.54, 1.807) is 24.5 Å². The molecule has 0 fully saturated rings. The van der Waals surface area contributed by atoms with Gasteiger partial charge in [0, 0.05) is 43.0 Å². The summed E-state index contributed by atoms with van der Waals surface area (Å²) in [4.78, 5) is 16.5. The predicted octanol–water partition coefficient (Wildman–Crippen LogP) is 3.49. The highest BCUT2D eigenvalue weighted by Gasteiger charge is 2.32. The Kier molecular flexibility index (Phi) is 10.2. The fraction of sp³-hybridized carbons (Fsp3) is 0.357. The van der Waals surface area contributed by atoms with E-state index in [0.717, 1.165) is 27.6 Å². The van der Waals surface area contributed by atoms with E-state index in [1.165, 1.54) is 6.07 Å². The number of aromatic hydroxyl groups is 2. The summed E-state index contributed by atoms with van der Waals surface area (Å²) in [7, 11) is -4.13. The van der Waals surface area contributed by atoms with Crippen molar-refractivity contribution in [1.29, 1.82) is 0 Å². The number of carbonyl (C=O) groups is 1. The zero-order chi connectivity index (χ0) is 27.7. The Hall–Kier alpha value is -3.47. The Balaban J connectivity index is 1.81. The fourth-order valence-electron chi connectivity index (χ4n) is 4.03. The highest BCUT2D eigenvalue weighted by molar-refractivity contribution is 7.89. The van der Waals surface area contributed by atoms with Crippen molar-refractivity contribution in [2.75, 3.05) is 13.1 Å². The Labute approximate surface area is 223 Å². The molecule has 1 heterocycles. The molecule has 0 bridgehead atoms. The van der Waals surface area contributed by atoms with Gasteiger partial charge in [-0.2, -0.15) is 4.31 Å². The largest absolute Gasteiger partial charge is 0.504 e. The molecule has 0 aliphatic carbocycles. The molecule has 3 N–H and O–H groups in total. The maximum atomic E-state index is 13.5. The molecule has 204 valence electrons. The topological polar surface area (TPSA) is 137 Å². The summed E-state index contributed by atoms with van der Waals surface area (Å²) in [5, 5.41) is 30.7. The molecular weight excluding hydrogens is 508 g/mol. The van der Waals surface area contributed by atoms with Crippen LogP contribution >= 0.6 is 0 Å². The Morgan fingerprint density at radius 2 is 1.68 bits per heavy atom. The third-order valence-corrected chi connectivity index (χ3v) is 7.81. The lowest BCUT2D eigenvalue weighted by Crippen LogP contribution is -2.43. The van der Waals surface area contributed by atoms with Gasteiger partial charge in [-0.05, 0) is 36.1 Å². The van der Waals surface area contributed by atoms with Gasteiger partial charge in [-0.1, -0.05) is 50.2 Å². The van der Waals surface area contributed by atoms with Crippen LogP contribution in [0.4, 0.5) is 0 Å². The van der Waals surface area contributed by atoms with Crippen molar-refractivity contribution in [1.82, 2.24) is 9.29 Å². The normalized spacial score (nSPS) is 13.4. The maximum absolute atomic E-state index is 13.5. The summed E-state index contributed by atoms with van der Waals surface area (Å²) in [6.07, 6.45) is 2.24. The first-order chi connectivity index (χ1) is 18.1. The average Bonchev–Trinajstić information content (AvgIpc) is 2.89. The number of aliphatic hydroxyl groups excluding tert-OH is 1. The van der Waals surface area contributed by atoms with E-state index in [4.69, 9.17) is 4.74 Å². The van der Waals surface area contributed by atoms with Gasteiger partial charge in [0.05, 0.1) is 17.4 Å². The summed E-state index contributed by atoms with van der Waals surface area (Å²) in [6.45, 7) is 3.57. The van der Waals surface area contributed by atoms with Gasteiger partial charge in [0.2, 0.25) is 10.0 Å². The summed E-state index contributed by atoms with van der Waals surface area (Å²) >= 11 is 0. The minimum Gasteiger partial charge on any atom is -0.504 e. The molecule has 3 rings (SSSR count). The second kappa shape index (κ2) is 13.4. The number of pyridine rings is 1. The van der Waals surface area contributed by atoms with Crippen molar-refractivity contribution in [3.63, 3.8) is 0 Å². The molecule has 0 saturated carbocycles. The third-order valence-electron chi connectivity index (χ3n) is 5.98. The maximum Gasteiger partial charge on any atom is 0.306 e. The number of carbonyl (C=O) groups excluding carboxylic acids is 1. The molecule has 0 aliphatic heterocycles. The lowest BCUT2D eigenvalue weighted by Gasteiger charge is -2.30. The number of phenols is 2. The highest BCUT2D eigenvalue weighted by Crippen LogP contribution is 2.29. The van der Waals surface area contributed by atoms with Crippen molar-refractivity contribution in [2.45, 2.75) is 44.3 Å². The summed E-state index contributed by atoms with van der Waals surface area (Å²) in [5.74, 6) is -2.21. The van der Waals surface area contributed by atoms with Gasteiger partial charge in [-0.3, -0.25) is 9.78 Å². The summed E-state index contributed by atoms with van der Waals surface area (Å²) < 4.78 is 33.5. The second-order valence-corrected chi connectivity index (χ2v) is 11.5. The van der Waals surface area contributed by atoms with Crippen LogP contribution in [0.25, 0.3) is 0 Å². The van der Waals surface area contributed by atoms with E-state index in [2.05, 4.69) is 4.98 Å². The third kappa shape index (κ3) is 8.27. The quantitative estimate of drug-likeness (QED) is 0.221. The van der Waals surface area contributed by atoms with Crippen LogP contribution in [0.3, 0.4) is 0 Å². The zero-order valence-corrected chi connectivity index (χ0v) is 22.3. The van der Waals surface area contributed by atoms with Crippen molar-refractivity contribution in [2.24, 2.45) is 11.8 Å². The van der Waals surface area contributed by atoms with Crippen molar-refractivity contribution >= 4 is 16.0 Å². The smallest absolute Gasteiger partial charge is 0.306 e. The van der Waals surface area contributed by atoms with E-state index < -0.39 is 39.5 Å². The summed E-state index contributed by atoms with van der Waals surface area (Å²) in [5.41, 5.74) is 1.62. The lowest BCUT2D eigenvalue weighted by atomic mass is 9.90. The van der Waals surface area contributed by atoms with Crippen molar-refractivity contribution < 1.29 is 33.3 Å². The van der Waals surface area contributed by atoms with E-state index in [9.17, 15) is 28.5 Å². The molecule has 0 amide bonds. The van der Waals surface area contributed by atoms with E-state index >= 15 is 0 Å². The molecule has 0 unspecified atom stereocenters. The first kappa shape index (κ1) is 29.1. The Bertz CT molecular complexity index is 1290. The zero-order valence-electron chi connectivity index (χ0n) is 21.5. The first-order valence-corrected chi connectivity index (χ1v) is 13.8. The number of aliphatic hydroxyl groups is 1. The molecule has 0 saturated heterocycles. The van der Waals surface area contributed by atoms with Crippen LogP contribution in [-0.2, 0) is 32.6 Å². The minimum atomic E-state index is -4.13. The standard InChI is InChI=1S/C28H34N2O7S/c1-20(2)17-30(38(35,36)24-10-11-25(31)26(32)15-24)18-27(33)23(13-21-7-4-3-5-8-21)14-28(34)37-19-22-9-6-12-29-16-22/h3-12,15-16,20,23,27,31-33H,13-14,17-19H2,1-2H3/t23-,27-/m1/s1. The van der Waals surface area contributed by atoms with Gasteiger partial charge in [0.15, 0.2) is 11.5 Å². The number of aromatic nitrogens is 1. The predicted molar refractivity (Wildman–Crippen MR) is 142 cm³/mol. The fourth-order valence-corrected chi connectivity index (χ4v) is 5.67. The molecule has 0 aliphatic rings. The molecule has 0 radical (unpaired) electrons. The van der Waals surface area contributed by atoms with E-state index in [-0.39, 0.29) is 36.9 Å². The van der Waals surface area contributed by atoms with Gasteiger partial charge in [0.1, 0.15) is 6.61 Å². The Morgan fingerprint density at radius 1 is 0.974 bits per heavy atom. The average molecular weight is 543 g/mol. The number of nitrogens with zero attached hydrogens (tertiary/aromatic N) is 2. The number of rotatable bonds is 13. The van der Waals surface area contributed by atoms with Crippen molar-refractivity contribution in [3.8, 4) is 11.5 Å². The number of hydrogen-bond donors (Lipinski definition) is 3. The number of hydrogen-bond acceptors (Lipinski definition) is 8. The molecule has 0 spiro atoms. The number of ether oxygens (including phenoxy) is 1. The lowest BCUT2D eigenvalue weighted by molar-refractivity contribution is -0.147. The SMILES string of the molecule is CC(C)CN(C[C@@H](O)[C@@H](CC(=O)OCc1cccnc1)Cc1ccccc1)S(=O)(=O)c1ccc(O)c(O)c1. The first-order valence-electron chi connectivity index (χ1n) is 12.3. The van der Waals surface area contributed by atoms with Crippen LogP contribution in [0.2, 0.25) is 0 Å². The van der Waals surface area contributed by atoms with Gasteiger partial charge < -0.3 is 20.1 Å². The molecule has 3 aromatic rings. The van der Waals surface area contributed by atoms with Crippen LogP contribution in [-0.4, -0.2) is 58.2 Å². The molecule has 2 aromatic carbocycles. The van der Waals surface area contributed by atoms with Gasteiger partial charge in [-0.15, -0.1) is 0 Å². The van der Waals surface area contributed by atoms with E-state index in [1.807, 2.05) is 44.2 Å². The molecule has 2 atom stereocenters. The van der Waals surface area contributed by atoms with Crippen LogP contribution in [0.1, 0.15) is 31.4 Å². The number of esters is 1. The molecule has 38 heavy (non-hydrogen) atoms. The van der Waals surface area contributed by atoms with Crippen LogP contribution in [0.15, 0.2) is 78.0 Å². The van der Waals surface area contributed by atoms with Crippen molar-refractivity contribution in [3.05, 3.63) is 84.2 Å². The number of phenolic OH excluding ortho intramolecular Hbond substituents is 2. The highest BCUT2D eigenvalue weighted by atomic mass is 32.2. The van der Waals surface area contributed by atoms with Gasteiger partial charge >= 0.3 is 5.97 Å². The van der Waals surface area contributed by atoms with Gasteiger partial charge in [-0.25, -0.2) is 8.42 Å². The molecular formula is C28H34N2O7S. The monoisotopic (exact) mass is 542 g/mol. The molecule has 9 nitrogen and oxygen atoms in total. The second-order valence-electron chi connectivity index (χ2n) is 9.61. The number of benzene rings is 2. The van der Waals surface area contributed by atoms with Crippen LogP contribution in [0, 0.1) is 11.8 Å². The molecule has 1 aromatic heterocycles. The van der Waals surface area contributed by atoms with E-state index in [0.29, 0.717) is 6.42 Å². The van der Waals surface area contributed by atoms with Gasteiger partial charge in [0.25, 0.3) is 0 Å². The molecule has 10 heteroatoms. The summed E-state index contributed by atoms with van der Waals surface area (Å²) in [6, 6.07) is 16.1. The number of sulfonamides is 1. The van der Waals surface area contributed by atoms with Crippen LogP contribution < -0.4 is 0 Å². The van der Waals surface area contributed by atoms with Crippen LogP contribution in [0.5, 0.6) is 11.5 Å². The minimum absolute atomic E-state index is 0.0407. The Morgan fingerprint density at radius 3 is 2.32 bits per heavy atom.